The van der Waals surface area contributed by atoms with Crippen molar-refractivity contribution in [2.45, 2.75) is 62.7 Å². The maximum absolute atomic E-state index is 13.4. The smallest absolute Gasteiger partial charge is 0.410 e. The van der Waals surface area contributed by atoms with E-state index in [2.05, 4.69) is 24.4 Å². The quantitative estimate of drug-likeness (QED) is 0.0875. The van der Waals surface area contributed by atoms with Crippen LogP contribution < -0.4 is 9.47 Å². The number of oxime groups is 1. The molecule has 1 amide bonds. The Morgan fingerprint density at radius 2 is 1.89 bits per heavy atom. The molecule has 1 heterocycles. The van der Waals surface area contributed by atoms with Gasteiger partial charge >= 0.3 is 6.09 Å². The molecule has 1 aliphatic heterocycles. The normalized spacial score (nSPS) is 27.0. The molecule has 3 aliphatic rings. The molecule has 254 valence electrons. The monoisotopic (exact) mass is 660 g/mol. The van der Waals surface area contributed by atoms with Crippen molar-refractivity contribution in [3.8, 4) is 11.5 Å². The maximum Gasteiger partial charge on any atom is 0.410 e. The zero-order valence-electron chi connectivity index (χ0n) is 27.1. The minimum Gasteiger partial charge on any atom is -0.490 e. The van der Waals surface area contributed by atoms with Crippen molar-refractivity contribution in [1.82, 2.24) is 4.90 Å². The van der Waals surface area contributed by atoms with Crippen LogP contribution in [-0.2, 0) is 14.3 Å². The Hall–Kier alpha value is -3.05. The average Bonchev–Trinajstić information content (AvgIpc) is 3.07. The number of halogens is 1. The zero-order valence-corrected chi connectivity index (χ0v) is 27.8. The fraction of sp³-hybridized carbons (Fsp3) is 0.600. The maximum atomic E-state index is 13.4. The zero-order chi connectivity index (χ0) is 33.1. The van der Waals surface area contributed by atoms with Gasteiger partial charge in [-0.1, -0.05) is 42.8 Å². The molecule has 46 heavy (non-hydrogen) atoms. The SMILES string of the molecule is C=CCOc1ccc2c(c1)[C@H]1[C@H](CCCCO)[C@@H](CCCCO)C=C3C(=NOC)C[C@H](N(C)C(=O)OCCCl)[C@@](OCC=C)(O2)[C@H]31. The van der Waals surface area contributed by atoms with Crippen molar-refractivity contribution in [2.24, 2.45) is 22.9 Å². The Balaban J connectivity index is 1.98. The molecule has 10 nitrogen and oxygen atoms in total. The lowest BCUT2D eigenvalue weighted by Gasteiger charge is -2.59. The molecule has 0 aromatic heterocycles. The largest absolute Gasteiger partial charge is 0.490 e. The van der Waals surface area contributed by atoms with Crippen molar-refractivity contribution in [3.63, 3.8) is 0 Å². The van der Waals surface area contributed by atoms with Crippen LogP contribution in [0.15, 0.2) is 60.3 Å². The molecule has 1 aromatic carbocycles. The number of fused-ring (bicyclic) bond motifs is 2. The van der Waals surface area contributed by atoms with Crippen molar-refractivity contribution < 1.29 is 38.8 Å². The second kappa shape index (κ2) is 17.2. The van der Waals surface area contributed by atoms with Gasteiger partial charge in [0.05, 0.1) is 24.1 Å². The predicted molar refractivity (Wildman–Crippen MR) is 177 cm³/mol. The van der Waals surface area contributed by atoms with Crippen molar-refractivity contribution >= 4 is 23.4 Å². The summed E-state index contributed by atoms with van der Waals surface area (Å²) in [5, 5.41) is 23.8. The summed E-state index contributed by atoms with van der Waals surface area (Å²) in [6.45, 7) is 8.56. The van der Waals surface area contributed by atoms with Crippen LogP contribution in [0.2, 0.25) is 0 Å². The van der Waals surface area contributed by atoms with Gasteiger partial charge in [0.2, 0.25) is 5.79 Å². The molecule has 1 aromatic rings. The lowest BCUT2D eigenvalue weighted by Crippen LogP contribution is -2.69. The number of unbranched alkanes of at least 4 members (excludes halogenated alkanes) is 2. The average molecular weight is 661 g/mol. The Morgan fingerprint density at radius 1 is 1.15 bits per heavy atom. The lowest BCUT2D eigenvalue weighted by molar-refractivity contribution is -0.253. The second-order valence-electron chi connectivity index (χ2n) is 12.0. The number of rotatable bonds is 18. The van der Waals surface area contributed by atoms with Crippen LogP contribution in [0.1, 0.15) is 56.4 Å². The van der Waals surface area contributed by atoms with Crippen LogP contribution >= 0.6 is 11.6 Å². The Bertz CT molecular complexity index is 1250. The van der Waals surface area contributed by atoms with Gasteiger partial charge in [-0.25, -0.2) is 4.79 Å². The predicted octanol–water partition coefficient (Wildman–Crippen LogP) is 5.82. The van der Waals surface area contributed by atoms with E-state index in [9.17, 15) is 15.0 Å². The molecule has 0 spiro atoms. The van der Waals surface area contributed by atoms with Crippen LogP contribution in [0.25, 0.3) is 0 Å². The summed E-state index contributed by atoms with van der Waals surface area (Å²) in [5.41, 5.74) is 2.66. The van der Waals surface area contributed by atoms with Crippen molar-refractivity contribution in [2.75, 3.05) is 53.1 Å². The van der Waals surface area contributed by atoms with E-state index in [0.717, 1.165) is 36.8 Å². The van der Waals surface area contributed by atoms with E-state index in [1.165, 1.54) is 12.0 Å². The summed E-state index contributed by atoms with van der Waals surface area (Å²) in [4.78, 5) is 20.3. The summed E-state index contributed by atoms with van der Waals surface area (Å²) in [5.74, 6) is -0.0551. The summed E-state index contributed by atoms with van der Waals surface area (Å²) >= 11 is 5.86. The summed E-state index contributed by atoms with van der Waals surface area (Å²) in [6.07, 6.45) is 10.2. The molecule has 11 heteroatoms. The fourth-order valence-corrected chi connectivity index (χ4v) is 7.52. The summed E-state index contributed by atoms with van der Waals surface area (Å²) in [6, 6.07) is 5.18. The first kappa shape index (κ1) is 35.8. The van der Waals surface area contributed by atoms with Gasteiger partial charge in [-0.2, -0.15) is 0 Å². The van der Waals surface area contributed by atoms with Crippen molar-refractivity contribution in [3.05, 3.63) is 60.7 Å². The minimum absolute atomic E-state index is 0.0633. The van der Waals surface area contributed by atoms with E-state index in [4.69, 9.17) is 35.4 Å². The Morgan fingerprint density at radius 3 is 2.57 bits per heavy atom. The number of ether oxygens (including phenoxy) is 4. The van der Waals surface area contributed by atoms with Gasteiger partial charge in [0, 0.05) is 38.2 Å². The third kappa shape index (κ3) is 7.56. The molecular formula is C35H49ClN2O8. The third-order valence-electron chi connectivity index (χ3n) is 9.27. The lowest BCUT2D eigenvalue weighted by atomic mass is 9.55. The molecule has 4 rings (SSSR count). The number of likely N-dealkylation sites (N-methyl/N-ethyl adjacent to an activating group) is 1. The number of benzene rings is 1. The van der Waals surface area contributed by atoms with Gasteiger partial charge in [-0.3, -0.25) is 0 Å². The van der Waals surface area contributed by atoms with Crippen LogP contribution in [0.4, 0.5) is 4.79 Å². The van der Waals surface area contributed by atoms with Crippen LogP contribution in [0.3, 0.4) is 0 Å². The van der Waals surface area contributed by atoms with Gasteiger partial charge in [0.25, 0.3) is 0 Å². The first-order valence-electron chi connectivity index (χ1n) is 16.2. The van der Waals surface area contributed by atoms with E-state index in [0.29, 0.717) is 43.1 Å². The molecule has 6 atom stereocenters. The van der Waals surface area contributed by atoms with Crippen LogP contribution in [-0.4, -0.2) is 91.8 Å². The van der Waals surface area contributed by atoms with E-state index < -0.39 is 23.8 Å². The molecule has 1 fully saturated rings. The van der Waals surface area contributed by atoms with Crippen molar-refractivity contribution in [1.29, 1.82) is 0 Å². The molecule has 0 radical (unpaired) electrons. The van der Waals surface area contributed by atoms with E-state index in [-0.39, 0.29) is 50.1 Å². The Kier molecular flexibility index (Phi) is 13.4. The fourth-order valence-electron chi connectivity index (χ4n) is 7.44. The van der Waals surface area contributed by atoms with Crippen LogP contribution in [0.5, 0.6) is 11.5 Å². The highest BCUT2D eigenvalue weighted by Gasteiger charge is 2.65. The highest BCUT2D eigenvalue weighted by atomic mass is 35.5. The van der Waals surface area contributed by atoms with E-state index in [1.807, 2.05) is 18.2 Å². The number of carbonyl (C=O) groups excluding carboxylic acids is 1. The number of aliphatic hydroxyl groups is 2. The number of hydrogen-bond acceptors (Lipinski definition) is 9. The molecule has 2 aliphatic carbocycles. The minimum atomic E-state index is -1.33. The molecular weight excluding hydrogens is 612 g/mol. The van der Waals surface area contributed by atoms with Gasteiger partial charge in [0.15, 0.2) is 0 Å². The number of hydrogen-bond donors (Lipinski definition) is 2. The Labute approximate surface area is 277 Å². The first-order chi connectivity index (χ1) is 22.4. The number of alkyl halides is 1. The summed E-state index contributed by atoms with van der Waals surface area (Å²) in [7, 11) is 3.20. The number of carbonyl (C=O) groups is 1. The molecule has 0 unspecified atom stereocenters. The molecule has 1 saturated carbocycles. The van der Waals surface area contributed by atoms with Crippen LogP contribution in [0, 0.1) is 17.8 Å². The first-order valence-corrected chi connectivity index (χ1v) is 16.7. The number of allylic oxidation sites excluding steroid dienone is 1. The number of aliphatic hydroxyl groups excluding tert-OH is 2. The second-order valence-corrected chi connectivity index (χ2v) is 12.3. The molecule has 2 N–H and O–H groups in total. The van der Waals surface area contributed by atoms with E-state index >= 15 is 0 Å². The summed E-state index contributed by atoms with van der Waals surface area (Å²) < 4.78 is 25.2. The van der Waals surface area contributed by atoms with Gasteiger partial charge in [0.1, 0.15) is 37.9 Å². The topological polar surface area (TPSA) is 119 Å². The standard InChI is InChI=1S/C35H49ClN2O8/c1-5-18-43-25-13-14-30-28(22-25)32-26(12-8-10-17-40)24(11-7-9-16-39)21-27-29(37-42-4)23-31(38(3)34(41)44-20-15-36)35(46-30,33(27)32)45-19-6-2/h5-6,13-14,21-22,24,26,31-33,39-40H,1-2,7-12,15-20,23H2,3-4H3/t24-,26+,31-,32+,33+,35+/m0/s1. The number of nitrogens with zero attached hydrogens (tertiary/aromatic N) is 2. The van der Waals surface area contributed by atoms with Gasteiger partial charge in [-0.05, 0) is 61.3 Å². The highest BCUT2D eigenvalue weighted by Crippen LogP contribution is 2.61. The highest BCUT2D eigenvalue weighted by molar-refractivity contribution is 6.18. The molecule has 0 saturated heterocycles. The third-order valence-corrected chi connectivity index (χ3v) is 9.43. The van der Waals surface area contributed by atoms with Gasteiger partial charge < -0.3 is 38.9 Å². The number of amides is 1. The molecule has 0 bridgehead atoms. The van der Waals surface area contributed by atoms with Gasteiger partial charge in [-0.15, -0.1) is 18.2 Å². The van der Waals surface area contributed by atoms with E-state index in [1.54, 1.807) is 19.2 Å².